The van der Waals surface area contributed by atoms with Crippen molar-refractivity contribution in [3.05, 3.63) is 0 Å². The first-order valence-corrected chi connectivity index (χ1v) is 3.38. The van der Waals surface area contributed by atoms with E-state index >= 15 is 0 Å². The molecule has 0 spiro atoms. The first kappa shape index (κ1) is 6.75. The summed E-state index contributed by atoms with van der Waals surface area (Å²) in [6.07, 6.45) is 0. The highest BCUT2D eigenvalue weighted by molar-refractivity contribution is 5.90. The lowest BCUT2D eigenvalue weighted by atomic mass is 10.1. The van der Waals surface area contributed by atoms with Crippen LogP contribution in [0.25, 0.3) is 0 Å². The predicted octanol–water partition coefficient (Wildman–Crippen LogP) is 0.639. The molecule has 1 heterocycles. The fraction of sp³-hybridized carbons (Fsp3) is 0.857. The lowest BCUT2D eigenvalue weighted by Crippen LogP contribution is -2.13. The Morgan fingerprint density at radius 1 is 1.67 bits per heavy atom. The number of rotatable bonds is 0. The number of aliphatic imine (C=N–C) groups is 1. The molecule has 0 bridgehead atoms. The van der Waals surface area contributed by atoms with Gasteiger partial charge in [0.15, 0.2) is 0 Å². The van der Waals surface area contributed by atoms with Gasteiger partial charge in [0.1, 0.15) is 0 Å². The van der Waals surface area contributed by atoms with Gasteiger partial charge in [-0.05, 0) is 7.05 Å². The Kier molecular flexibility index (Phi) is 1.86. The number of nitrogens with zero attached hydrogens (tertiary/aromatic N) is 2. The Morgan fingerprint density at radius 2 is 2.33 bits per heavy atom. The first-order valence-electron chi connectivity index (χ1n) is 3.38. The van der Waals surface area contributed by atoms with Crippen molar-refractivity contribution in [3.63, 3.8) is 0 Å². The molecular formula is C7H14N2. The first-order chi connectivity index (χ1) is 4.24. The molecule has 2 nitrogen and oxygen atoms in total. The summed E-state index contributed by atoms with van der Waals surface area (Å²) in [7, 11) is 4.01. The minimum atomic E-state index is 0.681. The second-order valence-electron chi connectivity index (χ2n) is 2.81. The third-order valence-corrected chi connectivity index (χ3v) is 1.87. The van der Waals surface area contributed by atoms with E-state index in [2.05, 4.69) is 23.9 Å². The van der Waals surface area contributed by atoms with E-state index in [4.69, 9.17) is 0 Å². The second-order valence-corrected chi connectivity index (χ2v) is 2.81. The third-order valence-electron chi connectivity index (χ3n) is 1.87. The lowest BCUT2D eigenvalue weighted by Gasteiger charge is -2.02. The van der Waals surface area contributed by atoms with Crippen molar-refractivity contribution in [1.29, 1.82) is 0 Å². The molecule has 0 amide bonds. The summed E-state index contributed by atoms with van der Waals surface area (Å²) in [6, 6.07) is 0. The molecule has 0 aliphatic carbocycles. The zero-order valence-corrected chi connectivity index (χ0v) is 6.39. The van der Waals surface area contributed by atoms with Gasteiger partial charge >= 0.3 is 0 Å². The van der Waals surface area contributed by atoms with Gasteiger partial charge in [-0.25, -0.2) is 0 Å². The smallest absolute Gasteiger partial charge is 0.0363 e. The Bertz CT molecular complexity index is 129. The van der Waals surface area contributed by atoms with Crippen molar-refractivity contribution < 1.29 is 0 Å². The molecule has 0 aromatic carbocycles. The standard InChI is InChI=1S/C7H14N2/c1-6-4-9(3)5-7(6)8-2/h6H,4-5H2,1-3H3. The number of likely N-dealkylation sites (tertiary alicyclic amines) is 1. The van der Waals surface area contributed by atoms with Crippen LogP contribution in [0.5, 0.6) is 0 Å². The van der Waals surface area contributed by atoms with Crippen LogP contribution >= 0.6 is 0 Å². The summed E-state index contributed by atoms with van der Waals surface area (Å²) in [6.45, 7) is 4.47. The number of hydrogen-bond acceptors (Lipinski definition) is 2. The molecule has 1 rings (SSSR count). The molecule has 0 aromatic heterocycles. The molecule has 1 unspecified atom stereocenters. The molecule has 2 heteroatoms. The highest BCUT2D eigenvalue weighted by Crippen LogP contribution is 2.09. The van der Waals surface area contributed by atoms with E-state index in [1.807, 2.05) is 7.05 Å². The van der Waals surface area contributed by atoms with E-state index in [1.54, 1.807) is 0 Å². The van der Waals surface area contributed by atoms with Gasteiger partial charge in [-0.1, -0.05) is 6.92 Å². The Morgan fingerprint density at radius 3 is 2.56 bits per heavy atom. The predicted molar refractivity (Wildman–Crippen MR) is 40.0 cm³/mol. The van der Waals surface area contributed by atoms with Gasteiger partial charge in [0, 0.05) is 31.8 Å². The molecule has 52 valence electrons. The lowest BCUT2D eigenvalue weighted by molar-refractivity contribution is 0.403. The van der Waals surface area contributed by atoms with Gasteiger partial charge in [-0.3, -0.25) is 4.99 Å². The number of hydrogen-bond donors (Lipinski definition) is 0. The van der Waals surface area contributed by atoms with Gasteiger partial charge in [-0.15, -0.1) is 0 Å². The van der Waals surface area contributed by atoms with Crippen LogP contribution in [0.2, 0.25) is 0 Å². The molecular weight excluding hydrogens is 112 g/mol. The summed E-state index contributed by atoms with van der Waals surface area (Å²) < 4.78 is 0. The van der Waals surface area contributed by atoms with Crippen LogP contribution in [0.1, 0.15) is 6.92 Å². The van der Waals surface area contributed by atoms with Crippen molar-refractivity contribution in [2.24, 2.45) is 10.9 Å². The maximum atomic E-state index is 4.19. The Balaban J connectivity index is 2.58. The van der Waals surface area contributed by atoms with E-state index in [0.29, 0.717) is 5.92 Å². The monoisotopic (exact) mass is 126 g/mol. The summed E-state index contributed by atoms with van der Waals surface area (Å²) in [4.78, 5) is 6.49. The van der Waals surface area contributed by atoms with Crippen molar-refractivity contribution in [2.75, 3.05) is 27.2 Å². The molecule has 1 aliphatic heterocycles. The van der Waals surface area contributed by atoms with Gasteiger partial charge in [-0.2, -0.15) is 0 Å². The highest BCUT2D eigenvalue weighted by atomic mass is 15.1. The normalized spacial score (nSPS) is 34.1. The largest absolute Gasteiger partial charge is 0.300 e. The van der Waals surface area contributed by atoms with Crippen LogP contribution in [0.4, 0.5) is 0 Å². The maximum absolute atomic E-state index is 4.19. The minimum absolute atomic E-state index is 0.681. The molecule has 0 aromatic rings. The average Bonchev–Trinajstić information content (AvgIpc) is 2.10. The SMILES string of the molecule is CN=C1CN(C)CC1C. The van der Waals surface area contributed by atoms with Crippen molar-refractivity contribution >= 4 is 5.71 Å². The zero-order chi connectivity index (χ0) is 6.85. The highest BCUT2D eigenvalue weighted by Gasteiger charge is 2.20. The summed E-state index contributed by atoms with van der Waals surface area (Å²) in [5.41, 5.74) is 1.34. The minimum Gasteiger partial charge on any atom is -0.300 e. The van der Waals surface area contributed by atoms with E-state index in [9.17, 15) is 0 Å². The van der Waals surface area contributed by atoms with Gasteiger partial charge in [0.05, 0.1) is 0 Å². The van der Waals surface area contributed by atoms with Crippen LogP contribution in [-0.2, 0) is 0 Å². The molecule has 1 aliphatic rings. The quantitative estimate of drug-likeness (QED) is 0.465. The fourth-order valence-corrected chi connectivity index (χ4v) is 1.36. The summed E-state index contributed by atoms with van der Waals surface area (Å²) in [5.74, 6) is 0.681. The molecule has 1 saturated heterocycles. The Labute approximate surface area is 56.6 Å². The van der Waals surface area contributed by atoms with E-state index in [0.717, 1.165) is 6.54 Å². The summed E-state index contributed by atoms with van der Waals surface area (Å²) >= 11 is 0. The topological polar surface area (TPSA) is 15.6 Å². The van der Waals surface area contributed by atoms with Crippen LogP contribution in [0.3, 0.4) is 0 Å². The molecule has 1 fully saturated rings. The Hall–Kier alpha value is -0.370. The van der Waals surface area contributed by atoms with Crippen LogP contribution < -0.4 is 0 Å². The van der Waals surface area contributed by atoms with E-state index < -0.39 is 0 Å². The fourth-order valence-electron chi connectivity index (χ4n) is 1.36. The molecule has 9 heavy (non-hydrogen) atoms. The van der Waals surface area contributed by atoms with Gasteiger partial charge < -0.3 is 4.90 Å². The van der Waals surface area contributed by atoms with Gasteiger partial charge in [0.2, 0.25) is 0 Å². The van der Waals surface area contributed by atoms with Crippen LogP contribution in [0, 0.1) is 5.92 Å². The average molecular weight is 126 g/mol. The third kappa shape index (κ3) is 1.30. The van der Waals surface area contributed by atoms with E-state index in [1.165, 1.54) is 12.3 Å². The maximum Gasteiger partial charge on any atom is 0.0363 e. The molecule has 0 saturated carbocycles. The molecule has 0 radical (unpaired) electrons. The van der Waals surface area contributed by atoms with Gasteiger partial charge in [0.25, 0.3) is 0 Å². The van der Waals surface area contributed by atoms with E-state index in [-0.39, 0.29) is 0 Å². The van der Waals surface area contributed by atoms with Crippen molar-refractivity contribution in [1.82, 2.24) is 4.90 Å². The van der Waals surface area contributed by atoms with Crippen LogP contribution in [0.15, 0.2) is 4.99 Å². The summed E-state index contributed by atoms with van der Waals surface area (Å²) in [5, 5.41) is 0. The molecule has 1 atom stereocenters. The van der Waals surface area contributed by atoms with Crippen molar-refractivity contribution in [3.8, 4) is 0 Å². The van der Waals surface area contributed by atoms with Crippen molar-refractivity contribution in [2.45, 2.75) is 6.92 Å². The molecule has 0 N–H and O–H groups in total. The van der Waals surface area contributed by atoms with Crippen LogP contribution in [-0.4, -0.2) is 37.8 Å². The zero-order valence-electron chi connectivity index (χ0n) is 6.39. The second kappa shape index (κ2) is 2.48.